The van der Waals surface area contributed by atoms with Crippen molar-refractivity contribution in [3.05, 3.63) is 46.0 Å². The number of ether oxygens (including phenoxy) is 6. The predicted octanol–water partition coefficient (Wildman–Crippen LogP) is 4.69. The molecular weight excluding hydrogens is 524 g/mol. The first kappa shape index (κ1) is 29.8. The normalized spacial score (nSPS) is 30.6. The molecule has 0 bridgehead atoms. The molecule has 1 saturated carbocycles. The monoisotopic (exact) mass is 562 g/mol. The van der Waals surface area contributed by atoms with Crippen LogP contribution < -0.4 is 10.1 Å². The van der Waals surface area contributed by atoms with Gasteiger partial charge in [0.15, 0.2) is 0 Å². The molecule has 2 heterocycles. The lowest BCUT2D eigenvalue weighted by Gasteiger charge is -2.42. The van der Waals surface area contributed by atoms with Crippen LogP contribution in [-0.2, 0) is 23.7 Å². The van der Waals surface area contributed by atoms with E-state index in [9.17, 15) is 19.7 Å². The van der Waals surface area contributed by atoms with Crippen LogP contribution >= 0.6 is 0 Å². The number of methoxy groups -OCH3 is 1. The third kappa shape index (κ3) is 6.73. The fourth-order valence-corrected chi connectivity index (χ4v) is 5.55. The number of benzene rings is 1. The van der Waals surface area contributed by atoms with Crippen molar-refractivity contribution in [2.24, 2.45) is 5.92 Å². The van der Waals surface area contributed by atoms with Crippen LogP contribution in [0.5, 0.6) is 5.75 Å². The zero-order valence-corrected chi connectivity index (χ0v) is 23.8. The Morgan fingerprint density at radius 3 is 2.50 bits per heavy atom. The molecule has 12 heteroatoms. The van der Waals surface area contributed by atoms with Crippen molar-refractivity contribution in [2.75, 3.05) is 20.3 Å². The smallest absolute Gasteiger partial charge is 0.443 e. The zero-order chi connectivity index (χ0) is 29.3. The first-order valence-corrected chi connectivity index (χ1v) is 13.3. The summed E-state index contributed by atoms with van der Waals surface area (Å²) in [5, 5.41) is 13.5. The molecule has 2 saturated heterocycles. The summed E-state index contributed by atoms with van der Waals surface area (Å²) in [5.41, 5.74) is -0.663. The number of nitro groups is 1. The summed E-state index contributed by atoms with van der Waals surface area (Å²) in [6.45, 7) is 9.96. The van der Waals surface area contributed by atoms with Crippen LogP contribution in [-0.4, -0.2) is 72.5 Å². The molecule has 4 unspecified atom stereocenters. The molecule has 3 aliphatic rings. The van der Waals surface area contributed by atoms with Crippen LogP contribution in [0.1, 0.15) is 53.9 Å². The van der Waals surface area contributed by atoms with Gasteiger partial charge >= 0.3 is 12.2 Å². The number of amides is 1. The Morgan fingerprint density at radius 1 is 1.25 bits per heavy atom. The van der Waals surface area contributed by atoms with E-state index in [0.29, 0.717) is 13.0 Å². The van der Waals surface area contributed by atoms with Gasteiger partial charge in [0.2, 0.25) is 0 Å². The maximum absolute atomic E-state index is 12.9. The van der Waals surface area contributed by atoms with Crippen molar-refractivity contribution in [1.82, 2.24) is 5.32 Å². The number of carbonyl (C=O) groups is 2. The van der Waals surface area contributed by atoms with E-state index in [2.05, 4.69) is 32.2 Å². The average molecular weight is 563 g/mol. The molecule has 220 valence electrons. The molecule has 1 aliphatic carbocycles. The maximum Gasteiger partial charge on any atom is 0.513 e. The quantitative estimate of drug-likeness (QED) is 0.106. The molecule has 12 nitrogen and oxygen atoms in total. The molecule has 1 spiro atoms. The minimum absolute atomic E-state index is 0.0422. The van der Waals surface area contributed by atoms with Gasteiger partial charge in [-0.2, -0.15) is 0 Å². The highest BCUT2D eigenvalue weighted by Crippen LogP contribution is 2.59. The number of nitro benzene ring substituents is 1. The van der Waals surface area contributed by atoms with Gasteiger partial charge in [-0.05, 0) is 66.0 Å². The molecule has 1 aromatic carbocycles. The van der Waals surface area contributed by atoms with Crippen LogP contribution in [0.15, 0.2) is 35.9 Å². The molecule has 1 aromatic rings. The lowest BCUT2D eigenvalue weighted by molar-refractivity contribution is -0.384. The fourth-order valence-electron chi connectivity index (χ4n) is 5.55. The Bertz CT molecular complexity index is 1140. The summed E-state index contributed by atoms with van der Waals surface area (Å²) in [7, 11) is 1.61. The summed E-state index contributed by atoms with van der Waals surface area (Å²) in [6, 6.07) is 5.00. The van der Waals surface area contributed by atoms with Gasteiger partial charge in [0.25, 0.3) is 5.69 Å². The lowest BCUT2D eigenvalue weighted by atomic mass is 9.68. The fraction of sp³-hybridized carbons (Fsp3) is 0.643. The minimum Gasteiger partial charge on any atom is -0.443 e. The van der Waals surface area contributed by atoms with Crippen molar-refractivity contribution < 1.29 is 42.9 Å². The molecule has 40 heavy (non-hydrogen) atoms. The summed E-state index contributed by atoms with van der Waals surface area (Å²) >= 11 is 0. The van der Waals surface area contributed by atoms with Crippen molar-refractivity contribution in [3.8, 4) is 5.75 Å². The molecule has 0 aromatic heterocycles. The summed E-state index contributed by atoms with van der Waals surface area (Å²) in [6.07, 6.45) is 1.70. The second-order valence-corrected chi connectivity index (χ2v) is 11.7. The Hall–Kier alpha value is -3.22. The van der Waals surface area contributed by atoms with Crippen molar-refractivity contribution >= 4 is 17.9 Å². The van der Waals surface area contributed by atoms with Gasteiger partial charge in [0.05, 0.1) is 29.1 Å². The molecule has 1 amide bonds. The van der Waals surface area contributed by atoms with Gasteiger partial charge in [-0.3, -0.25) is 10.1 Å². The van der Waals surface area contributed by atoms with Crippen LogP contribution in [0.4, 0.5) is 15.3 Å². The maximum atomic E-state index is 12.9. The Kier molecular flexibility index (Phi) is 8.44. The SMILES string of the molecule is COC1C(OC(=O)NC(C)(C)COC(=O)Oc2ccc([N+](=O)[O-])cc2)CC[C@]2(CO2)C1C1(C)O[C@@H]1CC=C(C)C. The third-order valence-corrected chi connectivity index (χ3v) is 7.74. The van der Waals surface area contributed by atoms with Gasteiger partial charge in [-0.1, -0.05) is 11.6 Å². The van der Waals surface area contributed by atoms with Crippen molar-refractivity contribution in [1.29, 1.82) is 0 Å². The summed E-state index contributed by atoms with van der Waals surface area (Å²) in [5.74, 6) is -0.00951. The van der Waals surface area contributed by atoms with Gasteiger partial charge in [-0.15, -0.1) is 0 Å². The number of epoxide rings is 2. The standard InChI is InChI=1S/C28H38N2O10/c1-17(2)7-12-21-27(5,40-21)23-22(35-6)20(13-14-28(23)16-37-28)39-24(31)29-26(3,4)15-36-25(32)38-19-10-8-18(9-11-19)30(33)34/h7-11,20-23H,12-16H2,1-6H3,(H,29,31)/t20?,21-,22?,23?,27?,28+/m1/s1. The first-order valence-electron chi connectivity index (χ1n) is 13.3. The first-order chi connectivity index (χ1) is 18.8. The van der Waals surface area contributed by atoms with Crippen molar-refractivity contribution in [2.45, 2.75) is 88.9 Å². The number of rotatable bonds is 10. The number of allylic oxidation sites excluding steroid dienone is 1. The largest absolute Gasteiger partial charge is 0.513 e. The van der Waals surface area contributed by atoms with E-state index in [4.69, 9.17) is 28.4 Å². The van der Waals surface area contributed by atoms with Crippen LogP contribution in [0, 0.1) is 16.0 Å². The number of hydrogen-bond acceptors (Lipinski definition) is 10. The van der Waals surface area contributed by atoms with Gasteiger partial charge in [0, 0.05) is 19.2 Å². The van der Waals surface area contributed by atoms with Gasteiger partial charge in [0.1, 0.15) is 35.8 Å². The molecule has 2 aliphatic heterocycles. The van der Waals surface area contributed by atoms with E-state index in [-0.39, 0.29) is 35.7 Å². The number of hydrogen-bond donors (Lipinski definition) is 1. The Balaban J connectivity index is 1.30. The molecular formula is C28H38N2O10. The van der Waals surface area contributed by atoms with Gasteiger partial charge < -0.3 is 33.7 Å². The Morgan fingerprint density at radius 2 is 1.93 bits per heavy atom. The number of nitrogens with one attached hydrogen (secondary N) is 1. The molecule has 0 radical (unpaired) electrons. The van der Waals surface area contributed by atoms with E-state index >= 15 is 0 Å². The predicted molar refractivity (Wildman–Crippen MR) is 142 cm³/mol. The second-order valence-electron chi connectivity index (χ2n) is 11.7. The van der Waals surface area contributed by atoms with E-state index in [1.54, 1.807) is 21.0 Å². The van der Waals surface area contributed by atoms with E-state index in [1.165, 1.54) is 29.8 Å². The number of alkyl carbamates (subject to hydrolysis) is 1. The van der Waals surface area contributed by atoms with E-state index < -0.39 is 40.5 Å². The third-order valence-electron chi connectivity index (χ3n) is 7.74. The number of nitrogens with zero attached hydrogens (tertiary/aromatic N) is 1. The van der Waals surface area contributed by atoms with Crippen LogP contribution in [0.2, 0.25) is 0 Å². The highest BCUT2D eigenvalue weighted by Gasteiger charge is 2.72. The van der Waals surface area contributed by atoms with E-state index in [0.717, 1.165) is 12.8 Å². The molecule has 6 atom stereocenters. The van der Waals surface area contributed by atoms with Gasteiger partial charge in [-0.25, -0.2) is 9.59 Å². The summed E-state index contributed by atoms with van der Waals surface area (Å²) in [4.78, 5) is 35.2. The van der Waals surface area contributed by atoms with Crippen molar-refractivity contribution in [3.63, 3.8) is 0 Å². The minimum atomic E-state index is -1.01. The van der Waals surface area contributed by atoms with E-state index in [1.807, 2.05) is 0 Å². The van der Waals surface area contributed by atoms with Crippen LogP contribution in [0.3, 0.4) is 0 Å². The second kappa shape index (κ2) is 11.3. The highest BCUT2D eigenvalue weighted by molar-refractivity contribution is 5.69. The molecule has 4 rings (SSSR count). The topological polar surface area (TPSA) is 151 Å². The lowest BCUT2D eigenvalue weighted by Crippen LogP contribution is -2.57. The highest BCUT2D eigenvalue weighted by atomic mass is 16.7. The van der Waals surface area contributed by atoms with Crippen LogP contribution in [0.25, 0.3) is 0 Å². The molecule has 3 fully saturated rings. The molecule has 1 N–H and O–H groups in total. The Labute approximate surface area is 233 Å². The average Bonchev–Trinajstić information content (AvgIpc) is 3.79. The summed E-state index contributed by atoms with van der Waals surface area (Å²) < 4.78 is 34.1. The zero-order valence-electron chi connectivity index (χ0n) is 23.8. The number of carbonyl (C=O) groups excluding carboxylic acids is 2. The number of non-ortho nitro benzene ring substituents is 1.